The van der Waals surface area contributed by atoms with Crippen molar-refractivity contribution in [1.82, 2.24) is 9.13 Å². The molecule has 0 saturated heterocycles. The standard InChI is InChI=1S/C80H46N4S2/c81-47-65-71(53-30-14-5-15-31-53)66(48-82)76(72(75(65)83-67-36-18-16-32-59(67)60-33-17-19-37-68(60)83)56-45-54(49-22-6-1-7-23-49)44-55(46-56)50-24-8-2-9-25-50)84-77-61(40-42-63-73-57(51-26-10-3-11-27-51)34-20-38-69(73)85-79(63)77)62-41-43-64-74-58(52-28-12-4-13-29-52)35-21-39-70(74)86-80(64)78(62)84/h1-46H. The lowest BCUT2D eigenvalue weighted by Gasteiger charge is -2.26. The minimum Gasteiger partial charge on any atom is -0.307 e. The zero-order chi connectivity index (χ0) is 57.0. The summed E-state index contributed by atoms with van der Waals surface area (Å²) in [6.45, 7) is 0. The Kier molecular flexibility index (Phi) is 11.4. The van der Waals surface area contributed by atoms with E-state index >= 15 is 0 Å². The van der Waals surface area contributed by atoms with E-state index in [9.17, 15) is 10.5 Å². The minimum atomic E-state index is 0.406. The van der Waals surface area contributed by atoms with E-state index in [4.69, 9.17) is 0 Å². The zero-order valence-electron chi connectivity index (χ0n) is 46.2. The predicted octanol–water partition coefficient (Wildman–Crippen LogP) is 22.4. The van der Waals surface area contributed by atoms with Crippen molar-refractivity contribution in [3.8, 4) is 90.3 Å². The molecular formula is C80H46N4S2. The number of hydrogen-bond donors (Lipinski definition) is 0. The molecule has 0 amide bonds. The van der Waals surface area contributed by atoms with Crippen LogP contribution in [0.2, 0.25) is 0 Å². The first-order valence-corrected chi connectivity index (χ1v) is 30.5. The van der Waals surface area contributed by atoms with Gasteiger partial charge < -0.3 is 9.13 Å². The smallest absolute Gasteiger partial charge is 0.102 e. The van der Waals surface area contributed by atoms with Gasteiger partial charge in [-0.15, -0.1) is 22.7 Å². The van der Waals surface area contributed by atoms with E-state index in [-0.39, 0.29) is 0 Å². The van der Waals surface area contributed by atoms with Crippen LogP contribution >= 0.6 is 22.7 Å². The van der Waals surface area contributed by atoms with Crippen LogP contribution in [0, 0.1) is 22.7 Å². The zero-order valence-corrected chi connectivity index (χ0v) is 47.8. The first-order valence-electron chi connectivity index (χ1n) is 28.9. The van der Waals surface area contributed by atoms with Gasteiger partial charge in [0.1, 0.15) is 12.1 Å². The normalized spacial score (nSPS) is 11.7. The highest BCUT2D eigenvalue weighted by Crippen LogP contribution is 2.54. The number of benzene rings is 13. The third-order valence-corrected chi connectivity index (χ3v) is 19.7. The van der Waals surface area contributed by atoms with Crippen molar-refractivity contribution in [1.29, 1.82) is 10.5 Å². The average molecular weight is 1130 g/mol. The van der Waals surface area contributed by atoms with Gasteiger partial charge in [0.2, 0.25) is 0 Å². The molecule has 13 aromatic carbocycles. The topological polar surface area (TPSA) is 57.4 Å². The molecule has 0 spiro atoms. The Balaban J connectivity index is 1.17. The van der Waals surface area contributed by atoms with Gasteiger partial charge in [-0.3, -0.25) is 0 Å². The molecule has 398 valence electrons. The summed E-state index contributed by atoms with van der Waals surface area (Å²) in [7, 11) is 0. The van der Waals surface area contributed by atoms with E-state index in [1.54, 1.807) is 22.7 Å². The van der Waals surface area contributed by atoms with Crippen LogP contribution in [0.3, 0.4) is 0 Å². The van der Waals surface area contributed by atoms with Gasteiger partial charge in [0.25, 0.3) is 0 Å². The second-order valence-corrected chi connectivity index (χ2v) is 24.1. The third kappa shape index (κ3) is 7.45. The minimum absolute atomic E-state index is 0.406. The van der Waals surface area contributed by atoms with Crippen molar-refractivity contribution in [2.24, 2.45) is 0 Å². The van der Waals surface area contributed by atoms with Crippen molar-refractivity contribution in [2.75, 3.05) is 0 Å². The molecule has 6 heteroatoms. The average Bonchev–Trinajstić information content (AvgIpc) is 1.51. The largest absolute Gasteiger partial charge is 0.307 e. The molecule has 4 nitrogen and oxygen atoms in total. The number of nitriles is 2. The molecule has 4 aromatic heterocycles. The van der Waals surface area contributed by atoms with Crippen LogP contribution in [0.1, 0.15) is 11.1 Å². The maximum atomic E-state index is 12.7. The van der Waals surface area contributed by atoms with Gasteiger partial charge in [-0.25, -0.2) is 0 Å². The number of para-hydroxylation sites is 2. The maximum absolute atomic E-state index is 12.7. The van der Waals surface area contributed by atoms with Crippen LogP contribution in [0.4, 0.5) is 0 Å². The van der Waals surface area contributed by atoms with Gasteiger partial charge >= 0.3 is 0 Å². The molecule has 17 rings (SSSR count). The summed E-state index contributed by atoms with van der Waals surface area (Å²) in [5.74, 6) is 0. The van der Waals surface area contributed by atoms with Crippen LogP contribution in [0.5, 0.6) is 0 Å². The fourth-order valence-electron chi connectivity index (χ4n) is 13.8. The first-order chi connectivity index (χ1) is 42.6. The highest BCUT2D eigenvalue weighted by Gasteiger charge is 2.34. The number of thiophene rings is 2. The number of hydrogen-bond acceptors (Lipinski definition) is 4. The fraction of sp³-hybridized carbons (Fsp3) is 0. The molecule has 0 atom stereocenters. The van der Waals surface area contributed by atoms with Crippen LogP contribution in [0.25, 0.3) is 162 Å². The van der Waals surface area contributed by atoms with Crippen molar-refractivity contribution in [3.63, 3.8) is 0 Å². The number of fused-ring (bicyclic) bond motifs is 14. The molecule has 86 heavy (non-hydrogen) atoms. The lowest BCUT2D eigenvalue weighted by molar-refractivity contribution is 1.13. The van der Waals surface area contributed by atoms with Crippen LogP contribution in [-0.2, 0) is 0 Å². The number of aromatic nitrogens is 2. The van der Waals surface area contributed by atoms with Gasteiger partial charge in [-0.05, 0) is 98.1 Å². The molecule has 0 aliphatic rings. The summed E-state index contributed by atoms with van der Waals surface area (Å²) in [5.41, 5.74) is 17.8. The predicted molar refractivity (Wildman–Crippen MR) is 363 cm³/mol. The van der Waals surface area contributed by atoms with Crippen molar-refractivity contribution < 1.29 is 0 Å². The molecule has 0 N–H and O–H groups in total. The van der Waals surface area contributed by atoms with Crippen molar-refractivity contribution >= 4 is 107 Å². The maximum Gasteiger partial charge on any atom is 0.102 e. The van der Waals surface area contributed by atoms with E-state index in [0.717, 1.165) is 114 Å². The molecule has 0 saturated carbocycles. The summed E-state index contributed by atoms with van der Waals surface area (Å²) in [6, 6.07) is 105. The summed E-state index contributed by atoms with van der Waals surface area (Å²) >= 11 is 3.61. The Labute approximate surface area is 503 Å². The van der Waals surface area contributed by atoms with E-state index in [1.807, 2.05) is 18.2 Å². The highest BCUT2D eigenvalue weighted by molar-refractivity contribution is 7.27. The summed E-state index contributed by atoms with van der Waals surface area (Å²) in [5, 5.41) is 34.1. The Morgan fingerprint density at radius 2 is 0.651 bits per heavy atom. The van der Waals surface area contributed by atoms with Crippen LogP contribution < -0.4 is 0 Å². The Morgan fingerprint density at radius 3 is 1.09 bits per heavy atom. The summed E-state index contributed by atoms with van der Waals surface area (Å²) < 4.78 is 9.37. The van der Waals surface area contributed by atoms with Crippen molar-refractivity contribution in [2.45, 2.75) is 0 Å². The summed E-state index contributed by atoms with van der Waals surface area (Å²) in [4.78, 5) is 0. The van der Waals surface area contributed by atoms with Crippen molar-refractivity contribution in [3.05, 3.63) is 290 Å². The molecule has 4 heterocycles. The van der Waals surface area contributed by atoms with E-state index in [1.165, 1.54) is 31.3 Å². The highest BCUT2D eigenvalue weighted by atomic mass is 32.1. The van der Waals surface area contributed by atoms with E-state index < -0.39 is 0 Å². The SMILES string of the molecule is N#Cc1c(-c2ccccc2)c(C#N)c(-n2c3c(ccc4c3sc3cccc(-c5ccccc5)c34)c3ccc4c(sc5cccc(-c6ccccc6)c54)c32)c(-c2cc(-c3ccccc3)cc(-c3ccccc3)c2)c1-n1c2ccccc2c2ccccc21. The fourth-order valence-corrected chi connectivity index (χ4v) is 16.3. The quantitative estimate of drug-likeness (QED) is 0.152. The molecule has 0 unspecified atom stereocenters. The second-order valence-electron chi connectivity index (χ2n) is 22.0. The van der Waals surface area contributed by atoms with Gasteiger partial charge in [0, 0.05) is 63.6 Å². The molecule has 0 bridgehead atoms. The van der Waals surface area contributed by atoms with Gasteiger partial charge in [0.05, 0.1) is 54.0 Å². The van der Waals surface area contributed by atoms with Crippen LogP contribution in [0.15, 0.2) is 279 Å². The van der Waals surface area contributed by atoms with E-state index in [2.05, 4.69) is 282 Å². The Hall–Kier alpha value is -11.1. The third-order valence-electron chi connectivity index (χ3n) is 17.4. The Morgan fingerprint density at radius 1 is 0.279 bits per heavy atom. The first kappa shape index (κ1) is 49.5. The lowest BCUT2D eigenvalue weighted by atomic mass is 9.84. The number of nitrogens with zero attached hydrogens (tertiary/aromatic N) is 4. The molecule has 0 fully saturated rings. The Bertz CT molecular complexity index is 5420. The van der Waals surface area contributed by atoms with Gasteiger partial charge in [0.15, 0.2) is 0 Å². The lowest BCUT2D eigenvalue weighted by Crippen LogP contribution is -2.11. The molecule has 0 aliphatic carbocycles. The number of rotatable bonds is 8. The van der Waals surface area contributed by atoms with Gasteiger partial charge in [-0.1, -0.05) is 237 Å². The second kappa shape index (κ2) is 19.8. The van der Waals surface area contributed by atoms with Gasteiger partial charge in [-0.2, -0.15) is 10.5 Å². The van der Waals surface area contributed by atoms with Crippen LogP contribution in [-0.4, -0.2) is 9.13 Å². The summed E-state index contributed by atoms with van der Waals surface area (Å²) in [6.07, 6.45) is 0. The molecule has 0 aliphatic heterocycles. The molecule has 17 aromatic rings. The van der Waals surface area contributed by atoms with E-state index in [0.29, 0.717) is 28.1 Å². The monoisotopic (exact) mass is 1130 g/mol. The molecular weight excluding hydrogens is 1080 g/mol. The molecule has 0 radical (unpaired) electrons.